The van der Waals surface area contributed by atoms with E-state index in [1.165, 1.54) is 6.33 Å². The minimum Gasteiger partial charge on any atom is -0.475 e. The Hall–Kier alpha value is -4.26. The van der Waals surface area contributed by atoms with Crippen LogP contribution in [0.1, 0.15) is 0 Å². The van der Waals surface area contributed by atoms with Crippen molar-refractivity contribution in [3.8, 4) is 11.1 Å². The Morgan fingerprint density at radius 2 is 1.57 bits per heavy atom. The molecule has 0 aliphatic heterocycles. The zero-order valence-electron chi connectivity index (χ0n) is 18.0. The van der Waals surface area contributed by atoms with E-state index in [2.05, 4.69) is 25.0 Å². The largest absolute Gasteiger partial charge is 0.490 e. The number of hydrogen-bond donors (Lipinski definition) is 3. The Balaban J connectivity index is 0.000000429. The monoisotopic (exact) mass is 505 g/mol. The van der Waals surface area contributed by atoms with Gasteiger partial charge in [-0.1, -0.05) is 18.2 Å². The van der Waals surface area contributed by atoms with Crippen molar-refractivity contribution in [1.29, 1.82) is 0 Å². The highest BCUT2D eigenvalue weighted by molar-refractivity contribution is 7.92. The minimum absolute atomic E-state index is 0.520. The number of aliphatic carboxylic acids is 1. The van der Waals surface area contributed by atoms with Crippen LogP contribution < -0.4 is 10.0 Å². The van der Waals surface area contributed by atoms with Crippen molar-refractivity contribution < 1.29 is 31.5 Å². The Morgan fingerprint density at radius 1 is 0.943 bits per heavy atom. The first-order chi connectivity index (χ1) is 16.4. The van der Waals surface area contributed by atoms with E-state index < -0.39 is 22.2 Å². The van der Waals surface area contributed by atoms with Crippen LogP contribution in [0.25, 0.3) is 22.0 Å². The molecule has 3 N–H and O–H groups in total. The first-order valence-electron chi connectivity index (χ1n) is 9.71. The Bertz CT molecular complexity index is 1430. The molecule has 4 aromatic rings. The maximum atomic E-state index is 11.4. The molecule has 0 saturated heterocycles. The zero-order chi connectivity index (χ0) is 25.6. The highest BCUT2D eigenvalue weighted by Gasteiger charge is 2.38. The number of sulfonamides is 1. The lowest BCUT2D eigenvalue weighted by Gasteiger charge is -2.11. The van der Waals surface area contributed by atoms with E-state index >= 15 is 0 Å². The molecular formula is C22H18F3N5O4S. The smallest absolute Gasteiger partial charge is 0.475 e. The SMILES string of the molecule is CS(=O)(=O)Nc1ccc(-c2cnc3cccc(Nc4cncnc4)c3c2)cc1.O=C(O)C(F)(F)F. The third kappa shape index (κ3) is 7.37. The van der Waals surface area contributed by atoms with Crippen LogP contribution in [0, 0.1) is 0 Å². The summed E-state index contributed by atoms with van der Waals surface area (Å²) in [4.78, 5) is 21.5. The molecule has 4 rings (SSSR count). The maximum Gasteiger partial charge on any atom is 0.490 e. The zero-order valence-corrected chi connectivity index (χ0v) is 18.8. The lowest BCUT2D eigenvalue weighted by atomic mass is 10.0. The van der Waals surface area contributed by atoms with Gasteiger partial charge in [0.25, 0.3) is 0 Å². The predicted octanol–water partition coefficient (Wildman–Crippen LogP) is 4.44. The highest BCUT2D eigenvalue weighted by Crippen LogP contribution is 2.30. The van der Waals surface area contributed by atoms with E-state index in [0.29, 0.717) is 5.69 Å². The predicted molar refractivity (Wildman–Crippen MR) is 125 cm³/mol. The quantitative estimate of drug-likeness (QED) is 0.362. The molecular weight excluding hydrogens is 487 g/mol. The summed E-state index contributed by atoms with van der Waals surface area (Å²) in [7, 11) is -3.30. The van der Waals surface area contributed by atoms with E-state index in [9.17, 15) is 21.6 Å². The summed E-state index contributed by atoms with van der Waals surface area (Å²) in [5.41, 5.74) is 4.93. The second-order valence-electron chi connectivity index (χ2n) is 7.10. The molecule has 0 radical (unpaired) electrons. The number of aromatic nitrogens is 3. The number of alkyl halides is 3. The number of pyridine rings is 1. The summed E-state index contributed by atoms with van der Waals surface area (Å²) < 4.78 is 56.9. The molecule has 0 fully saturated rings. The van der Waals surface area contributed by atoms with Gasteiger partial charge in [0.1, 0.15) is 6.33 Å². The molecule has 0 bridgehead atoms. The third-order valence-electron chi connectivity index (χ3n) is 4.33. The lowest BCUT2D eigenvalue weighted by molar-refractivity contribution is -0.192. The number of carboxylic acids is 1. The summed E-state index contributed by atoms with van der Waals surface area (Å²) in [6.07, 6.45) is 2.74. The fraction of sp³-hybridized carbons (Fsp3) is 0.0909. The number of carboxylic acid groups (broad SMARTS) is 1. The number of anilines is 3. The first kappa shape index (κ1) is 25.4. The van der Waals surface area contributed by atoms with Crippen molar-refractivity contribution in [2.24, 2.45) is 0 Å². The molecule has 0 aliphatic carbocycles. The third-order valence-corrected chi connectivity index (χ3v) is 4.94. The molecule has 182 valence electrons. The number of nitrogens with zero attached hydrogens (tertiary/aromatic N) is 3. The topological polar surface area (TPSA) is 134 Å². The Kier molecular flexibility index (Phi) is 7.49. The second kappa shape index (κ2) is 10.3. The molecule has 0 unspecified atom stereocenters. The van der Waals surface area contributed by atoms with Crippen LogP contribution in [0.15, 0.2) is 73.4 Å². The average molecular weight is 505 g/mol. The number of rotatable bonds is 5. The number of fused-ring (bicyclic) bond motifs is 1. The van der Waals surface area contributed by atoms with Crippen LogP contribution in [-0.4, -0.2) is 46.9 Å². The van der Waals surface area contributed by atoms with Gasteiger partial charge in [0, 0.05) is 28.5 Å². The van der Waals surface area contributed by atoms with Gasteiger partial charge in [0.2, 0.25) is 10.0 Å². The lowest BCUT2D eigenvalue weighted by Crippen LogP contribution is -2.21. The fourth-order valence-electron chi connectivity index (χ4n) is 2.88. The van der Waals surface area contributed by atoms with Crippen molar-refractivity contribution in [2.45, 2.75) is 6.18 Å². The average Bonchev–Trinajstić information content (AvgIpc) is 2.79. The van der Waals surface area contributed by atoms with Gasteiger partial charge >= 0.3 is 12.1 Å². The molecule has 2 heterocycles. The molecule has 13 heteroatoms. The van der Waals surface area contributed by atoms with Crippen molar-refractivity contribution in [2.75, 3.05) is 16.3 Å². The van der Waals surface area contributed by atoms with Gasteiger partial charge < -0.3 is 10.4 Å². The van der Waals surface area contributed by atoms with E-state index in [4.69, 9.17) is 9.90 Å². The summed E-state index contributed by atoms with van der Waals surface area (Å²) in [5, 5.41) is 11.4. The summed E-state index contributed by atoms with van der Waals surface area (Å²) >= 11 is 0. The number of halogens is 3. The van der Waals surface area contributed by atoms with Crippen molar-refractivity contribution in [3.63, 3.8) is 0 Å². The summed E-state index contributed by atoms with van der Waals surface area (Å²) in [6.45, 7) is 0. The van der Waals surface area contributed by atoms with Crippen LogP contribution in [0.4, 0.5) is 30.2 Å². The summed E-state index contributed by atoms with van der Waals surface area (Å²) in [6, 6.07) is 15.1. The molecule has 0 atom stereocenters. The maximum absolute atomic E-state index is 11.4. The molecule has 0 aliphatic rings. The fourth-order valence-corrected chi connectivity index (χ4v) is 3.44. The van der Waals surface area contributed by atoms with Gasteiger partial charge in [-0.05, 0) is 35.9 Å². The standard InChI is InChI=1S/C20H17N5O2S.C2HF3O2/c1-28(26,27)25-16-7-5-14(6-8-16)15-9-18-19(23-10-15)3-2-4-20(18)24-17-11-21-13-22-12-17;3-2(4,5)1(6)7/h2-13,24-25H,1H3;(H,6,7). The van der Waals surface area contributed by atoms with Crippen molar-refractivity contribution >= 4 is 44.0 Å². The Labute approximate surface area is 197 Å². The minimum atomic E-state index is -5.08. The van der Waals surface area contributed by atoms with Crippen LogP contribution in [0.5, 0.6) is 0 Å². The van der Waals surface area contributed by atoms with E-state index in [1.807, 2.05) is 36.4 Å². The van der Waals surface area contributed by atoms with E-state index in [0.717, 1.165) is 39.7 Å². The van der Waals surface area contributed by atoms with Crippen molar-refractivity contribution in [1.82, 2.24) is 15.0 Å². The van der Waals surface area contributed by atoms with Crippen molar-refractivity contribution in [3.05, 3.63) is 73.4 Å². The molecule has 0 spiro atoms. The van der Waals surface area contributed by atoms with Crippen LogP contribution in [0.3, 0.4) is 0 Å². The highest BCUT2D eigenvalue weighted by atomic mass is 32.2. The van der Waals surface area contributed by atoms with Crippen LogP contribution in [0.2, 0.25) is 0 Å². The molecule has 0 amide bonds. The summed E-state index contributed by atoms with van der Waals surface area (Å²) in [5.74, 6) is -2.76. The number of nitrogens with one attached hydrogen (secondary N) is 2. The van der Waals surface area contributed by atoms with Crippen LogP contribution >= 0.6 is 0 Å². The normalized spacial score (nSPS) is 11.3. The van der Waals surface area contributed by atoms with Gasteiger partial charge in [0.05, 0.1) is 29.9 Å². The van der Waals surface area contributed by atoms with Gasteiger partial charge in [-0.3, -0.25) is 9.71 Å². The first-order valence-corrected chi connectivity index (χ1v) is 11.6. The number of hydrogen-bond acceptors (Lipinski definition) is 7. The number of carbonyl (C=O) groups is 1. The van der Waals surface area contributed by atoms with Gasteiger partial charge in [-0.2, -0.15) is 13.2 Å². The van der Waals surface area contributed by atoms with Gasteiger partial charge in [0.15, 0.2) is 0 Å². The molecule has 2 aromatic heterocycles. The number of benzene rings is 2. The molecule has 35 heavy (non-hydrogen) atoms. The molecule has 0 saturated carbocycles. The van der Waals surface area contributed by atoms with E-state index in [-0.39, 0.29) is 0 Å². The molecule has 9 nitrogen and oxygen atoms in total. The van der Waals surface area contributed by atoms with Gasteiger partial charge in [-0.25, -0.2) is 23.2 Å². The van der Waals surface area contributed by atoms with E-state index in [1.54, 1.807) is 30.7 Å². The molecule has 2 aromatic carbocycles. The van der Waals surface area contributed by atoms with Crippen LogP contribution in [-0.2, 0) is 14.8 Å². The second-order valence-corrected chi connectivity index (χ2v) is 8.85. The van der Waals surface area contributed by atoms with Gasteiger partial charge in [-0.15, -0.1) is 0 Å². The Morgan fingerprint density at radius 3 is 2.14 bits per heavy atom.